The summed E-state index contributed by atoms with van der Waals surface area (Å²) in [5.74, 6) is -0.823. The largest absolute Gasteiger partial charge is 0.273 e. The number of rotatable bonds is 4. The van der Waals surface area contributed by atoms with E-state index < -0.39 is 15.8 Å². The summed E-state index contributed by atoms with van der Waals surface area (Å²) in [6.45, 7) is 0. The van der Waals surface area contributed by atoms with Crippen LogP contribution in [0, 0.1) is 17.1 Å². The highest BCUT2D eigenvalue weighted by Gasteiger charge is 2.20. The van der Waals surface area contributed by atoms with Crippen LogP contribution in [-0.4, -0.2) is 15.5 Å². The van der Waals surface area contributed by atoms with E-state index in [0.29, 0.717) is 11.1 Å². The van der Waals surface area contributed by atoms with E-state index in [-0.39, 0.29) is 11.4 Å². The predicted molar refractivity (Wildman–Crippen MR) is 78.6 cm³/mol. The Labute approximate surface area is 123 Å². The highest BCUT2D eigenvalue weighted by molar-refractivity contribution is 7.92. The molecule has 0 atom stereocenters. The smallest absolute Gasteiger partial charge is 0.239 e. The molecule has 0 aliphatic rings. The van der Waals surface area contributed by atoms with Gasteiger partial charge in [0.05, 0.1) is 23.1 Å². The number of benzene rings is 2. The van der Waals surface area contributed by atoms with Crippen molar-refractivity contribution >= 4 is 15.7 Å². The molecule has 4 nitrogen and oxygen atoms in total. The second-order valence-electron chi connectivity index (χ2n) is 4.47. The molecule has 0 aliphatic carbocycles. The van der Waals surface area contributed by atoms with E-state index in [0.717, 1.165) is 10.4 Å². The van der Waals surface area contributed by atoms with Crippen LogP contribution in [0.5, 0.6) is 0 Å². The van der Waals surface area contributed by atoms with Gasteiger partial charge in [-0.05, 0) is 29.8 Å². The van der Waals surface area contributed by atoms with Crippen LogP contribution in [0.15, 0.2) is 48.5 Å². The monoisotopic (exact) mass is 304 g/mol. The summed E-state index contributed by atoms with van der Waals surface area (Å²) in [7, 11) is -2.34. The molecule has 2 aromatic carbocycles. The fourth-order valence-corrected chi connectivity index (χ4v) is 3.15. The third-order valence-corrected chi connectivity index (χ3v) is 4.79. The molecule has 6 heteroatoms. The topological polar surface area (TPSA) is 61.2 Å². The summed E-state index contributed by atoms with van der Waals surface area (Å²) in [4.78, 5) is 0. The molecule has 0 spiro atoms. The number of halogens is 1. The average molecular weight is 304 g/mol. The van der Waals surface area contributed by atoms with Crippen LogP contribution in [-0.2, 0) is 15.8 Å². The Balaban J connectivity index is 2.32. The highest BCUT2D eigenvalue weighted by Crippen LogP contribution is 2.21. The molecule has 0 heterocycles. The molecule has 0 bridgehead atoms. The van der Waals surface area contributed by atoms with Gasteiger partial charge in [0.2, 0.25) is 10.0 Å². The maximum atomic E-state index is 13.2. The van der Waals surface area contributed by atoms with E-state index in [1.54, 1.807) is 24.3 Å². The fourth-order valence-electron chi connectivity index (χ4n) is 1.88. The number of nitriles is 1. The fraction of sp³-hybridized carbons (Fsp3) is 0.133. The zero-order chi connectivity index (χ0) is 15.5. The van der Waals surface area contributed by atoms with E-state index in [4.69, 9.17) is 5.26 Å². The van der Waals surface area contributed by atoms with Crippen molar-refractivity contribution in [3.05, 3.63) is 65.5 Å². The number of nitrogens with zero attached hydrogens (tertiary/aromatic N) is 2. The lowest BCUT2D eigenvalue weighted by atomic mass is 10.1. The van der Waals surface area contributed by atoms with Gasteiger partial charge in [-0.1, -0.05) is 24.3 Å². The van der Waals surface area contributed by atoms with Crippen molar-refractivity contribution in [2.75, 3.05) is 11.4 Å². The first-order valence-electron chi connectivity index (χ1n) is 6.14. The van der Waals surface area contributed by atoms with Crippen LogP contribution < -0.4 is 4.31 Å². The molecule has 0 N–H and O–H groups in total. The van der Waals surface area contributed by atoms with Gasteiger partial charge < -0.3 is 0 Å². The molecule has 0 aromatic heterocycles. The normalized spacial score (nSPS) is 10.9. The lowest BCUT2D eigenvalue weighted by Gasteiger charge is -2.19. The van der Waals surface area contributed by atoms with E-state index in [2.05, 4.69) is 0 Å². The zero-order valence-corrected chi connectivity index (χ0v) is 12.1. The molecule has 0 amide bonds. The van der Waals surface area contributed by atoms with Gasteiger partial charge in [-0.25, -0.2) is 12.8 Å². The van der Waals surface area contributed by atoms with Crippen LogP contribution in [0.3, 0.4) is 0 Å². The maximum Gasteiger partial charge on any atom is 0.239 e. The third kappa shape index (κ3) is 3.38. The van der Waals surface area contributed by atoms with Crippen molar-refractivity contribution < 1.29 is 12.8 Å². The van der Waals surface area contributed by atoms with Crippen molar-refractivity contribution in [1.29, 1.82) is 5.26 Å². The number of anilines is 1. The van der Waals surface area contributed by atoms with Crippen molar-refractivity contribution in [3.8, 4) is 6.07 Å². The standard InChI is InChI=1S/C15H13FN2O2S/c1-18(15-8-4-7-14(16)9-15)21(19,20)11-13-6-3-2-5-12(13)10-17/h2-9H,11H2,1H3. The van der Waals surface area contributed by atoms with Crippen molar-refractivity contribution in [1.82, 2.24) is 0 Å². The lowest BCUT2D eigenvalue weighted by Crippen LogP contribution is -2.28. The van der Waals surface area contributed by atoms with E-state index in [1.807, 2.05) is 6.07 Å². The van der Waals surface area contributed by atoms with Gasteiger partial charge in [-0.3, -0.25) is 4.31 Å². The Morgan fingerprint density at radius 3 is 2.57 bits per heavy atom. The Hall–Kier alpha value is -2.39. The first-order chi connectivity index (χ1) is 9.94. The molecular weight excluding hydrogens is 291 g/mol. The van der Waals surface area contributed by atoms with Crippen LogP contribution in [0.4, 0.5) is 10.1 Å². The minimum absolute atomic E-state index is 0.240. The van der Waals surface area contributed by atoms with Gasteiger partial charge in [-0.15, -0.1) is 0 Å². The van der Waals surface area contributed by atoms with Gasteiger partial charge in [0.1, 0.15) is 5.82 Å². The summed E-state index contributed by atoms with van der Waals surface area (Å²) in [6.07, 6.45) is 0. The third-order valence-electron chi connectivity index (χ3n) is 3.06. The number of hydrogen-bond donors (Lipinski definition) is 0. The molecular formula is C15H13FN2O2S. The van der Waals surface area contributed by atoms with Crippen LogP contribution in [0.2, 0.25) is 0 Å². The molecule has 0 aliphatic heterocycles. The van der Waals surface area contributed by atoms with E-state index in [9.17, 15) is 12.8 Å². The minimum atomic E-state index is -3.70. The Kier molecular flexibility index (Phi) is 4.24. The second kappa shape index (κ2) is 5.94. The first-order valence-corrected chi connectivity index (χ1v) is 7.75. The van der Waals surface area contributed by atoms with Gasteiger partial charge in [-0.2, -0.15) is 5.26 Å². The zero-order valence-electron chi connectivity index (χ0n) is 11.3. The summed E-state index contributed by atoms with van der Waals surface area (Å²) in [5, 5.41) is 9.00. The van der Waals surface area contributed by atoms with Gasteiger partial charge in [0, 0.05) is 7.05 Å². The summed E-state index contributed by atoms with van der Waals surface area (Å²) in [5.41, 5.74) is 0.974. The number of sulfonamides is 1. The molecule has 2 aromatic rings. The Morgan fingerprint density at radius 1 is 1.19 bits per heavy atom. The molecule has 0 saturated carbocycles. The van der Waals surface area contributed by atoms with E-state index in [1.165, 1.54) is 25.2 Å². The molecule has 21 heavy (non-hydrogen) atoms. The van der Waals surface area contributed by atoms with Crippen LogP contribution in [0.25, 0.3) is 0 Å². The van der Waals surface area contributed by atoms with Crippen molar-refractivity contribution in [2.24, 2.45) is 0 Å². The molecule has 108 valence electrons. The predicted octanol–water partition coefficient (Wildman–Crippen LogP) is 2.66. The molecule has 2 rings (SSSR count). The minimum Gasteiger partial charge on any atom is -0.273 e. The second-order valence-corrected chi connectivity index (χ2v) is 6.47. The van der Waals surface area contributed by atoms with Crippen LogP contribution in [0.1, 0.15) is 11.1 Å². The maximum absolute atomic E-state index is 13.2. The average Bonchev–Trinajstić information content (AvgIpc) is 2.46. The summed E-state index contributed by atoms with van der Waals surface area (Å²) in [6, 6.07) is 13.8. The summed E-state index contributed by atoms with van der Waals surface area (Å²) < 4.78 is 39.0. The van der Waals surface area contributed by atoms with Crippen LogP contribution >= 0.6 is 0 Å². The molecule has 0 saturated heterocycles. The Morgan fingerprint density at radius 2 is 1.90 bits per heavy atom. The van der Waals surface area contributed by atoms with E-state index >= 15 is 0 Å². The van der Waals surface area contributed by atoms with Crippen molar-refractivity contribution in [3.63, 3.8) is 0 Å². The Bertz CT molecular complexity index is 797. The highest BCUT2D eigenvalue weighted by atomic mass is 32.2. The van der Waals surface area contributed by atoms with Gasteiger partial charge in [0.15, 0.2) is 0 Å². The first kappa shape index (κ1) is 15.0. The quantitative estimate of drug-likeness (QED) is 0.872. The number of hydrogen-bond acceptors (Lipinski definition) is 3. The van der Waals surface area contributed by atoms with Crippen molar-refractivity contribution in [2.45, 2.75) is 5.75 Å². The SMILES string of the molecule is CN(c1cccc(F)c1)S(=O)(=O)Cc1ccccc1C#N. The van der Waals surface area contributed by atoms with Gasteiger partial charge in [0.25, 0.3) is 0 Å². The van der Waals surface area contributed by atoms with Gasteiger partial charge >= 0.3 is 0 Å². The molecule has 0 unspecified atom stereocenters. The molecule has 0 radical (unpaired) electrons. The molecule has 0 fully saturated rings. The summed E-state index contributed by atoms with van der Waals surface area (Å²) >= 11 is 0. The lowest BCUT2D eigenvalue weighted by molar-refractivity contribution is 0.593.